The van der Waals surface area contributed by atoms with E-state index in [4.69, 9.17) is 4.99 Å². The van der Waals surface area contributed by atoms with Crippen LogP contribution < -0.4 is 16.0 Å². The maximum atomic E-state index is 11.8. The smallest absolute Gasteiger partial charge is 0.251 e. The van der Waals surface area contributed by atoms with Crippen LogP contribution >= 0.6 is 24.0 Å². The van der Waals surface area contributed by atoms with Gasteiger partial charge >= 0.3 is 0 Å². The van der Waals surface area contributed by atoms with Crippen LogP contribution in [0.15, 0.2) is 53.5 Å². The SMILES string of the molecule is CCNC(=NCCCN1CCc2ccccc2C1)NCCc1cccc(C(=O)NC)c1.I. The average Bonchev–Trinajstić information content (AvgIpc) is 2.81. The van der Waals surface area contributed by atoms with Crippen molar-refractivity contribution in [1.29, 1.82) is 0 Å². The molecule has 1 aliphatic rings. The van der Waals surface area contributed by atoms with Crippen LogP contribution in [0, 0.1) is 0 Å². The zero-order valence-electron chi connectivity index (χ0n) is 19.2. The van der Waals surface area contributed by atoms with Crippen molar-refractivity contribution in [1.82, 2.24) is 20.9 Å². The van der Waals surface area contributed by atoms with Gasteiger partial charge in [0.2, 0.25) is 0 Å². The second kappa shape index (κ2) is 14.1. The van der Waals surface area contributed by atoms with Gasteiger partial charge in [-0.15, -0.1) is 24.0 Å². The molecule has 2 aromatic carbocycles. The van der Waals surface area contributed by atoms with E-state index >= 15 is 0 Å². The third kappa shape index (κ3) is 8.09. The van der Waals surface area contributed by atoms with E-state index in [0.717, 1.165) is 70.1 Å². The highest BCUT2D eigenvalue weighted by Gasteiger charge is 2.14. The van der Waals surface area contributed by atoms with Gasteiger partial charge < -0.3 is 16.0 Å². The lowest BCUT2D eigenvalue weighted by molar-refractivity contribution is 0.0963. The van der Waals surface area contributed by atoms with Crippen LogP contribution in [0.25, 0.3) is 0 Å². The summed E-state index contributed by atoms with van der Waals surface area (Å²) in [5.74, 6) is 0.802. The van der Waals surface area contributed by atoms with E-state index in [1.165, 1.54) is 11.1 Å². The van der Waals surface area contributed by atoms with E-state index in [9.17, 15) is 4.79 Å². The van der Waals surface area contributed by atoms with Crippen LogP contribution in [0.5, 0.6) is 0 Å². The van der Waals surface area contributed by atoms with Crippen LogP contribution in [0.3, 0.4) is 0 Å². The van der Waals surface area contributed by atoms with Crippen molar-refractivity contribution in [2.24, 2.45) is 4.99 Å². The molecule has 0 radical (unpaired) electrons. The molecule has 1 amide bonds. The summed E-state index contributed by atoms with van der Waals surface area (Å²) in [5.41, 5.74) is 4.79. The van der Waals surface area contributed by atoms with Gasteiger partial charge in [-0.05, 0) is 55.0 Å². The van der Waals surface area contributed by atoms with Crippen molar-refractivity contribution in [3.63, 3.8) is 0 Å². The number of fused-ring (bicyclic) bond motifs is 1. The summed E-state index contributed by atoms with van der Waals surface area (Å²) in [7, 11) is 1.65. The monoisotopic (exact) mass is 549 g/mol. The third-order valence-corrected chi connectivity index (χ3v) is 5.58. The van der Waals surface area contributed by atoms with Gasteiger partial charge in [-0.3, -0.25) is 14.7 Å². The largest absolute Gasteiger partial charge is 0.357 e. The number of benzene rings is 2. The Kier molecular flexibility index (Phi) is 11.5. The van der Waals surface area contributed by atoms with Crippen LogP contribution in [-0.4, -0.2) is 56.5 Å². The van der Waals surface area contributed by atoms with E-state index in [1.807, 2.05) is 18.2 Å². The van der Waals surface area contributed by atoms with Crippen molar-refractivity contribution >= 4 is 35.8 Å². The Morgan fingerprint density at radius 2 is 1.91 bits per heavy atom. The van der Waals surface area contributed by atoms with Crippen molar-refractivity contribution < 1.29 is 4.79 Å². The number of rotatable bonds is 9. The lowest BCUT2D eigenvalue weighted by Crippen LogP contribution is -2.38. The Morgan fingerprint density at radius 1 is 1.09 bits per heavy atom. The van der Waals surface area contributed by atoms with Crippen molar-refractivity contribution in [2.45, 2.75) is 32.7 Å². The van der Waals surface area contributed by atoms with Gasteiger partial charge in [-0.25, -0.2) is 0 Å². The molecule has 0 saturated heterocycles. The zero-order valence-corrected chi connectivity index (χ0v) is 21.5. The molecule has 32 heavy (non-hydrogen) atoms. The van der Waals surface area contributed by atoms with Crippen LogP contribution in [0.1, 0.15) is 40.4 Å². The molecule has 0 spiro atoms. The first-order valence-electron chi connectivity index (χ1n) is 11.3. The molecule has 0 aromatic heterocycles. The predicted octanol–water partition coefficient (Wildman–Crippen LogP) is 3.21. The Bertz CT molecular complexity index is 886. The van der Waals surface area contributed by atoms with Crippen molar-refractivity contribution in [3.05, 3.63) is 70.8 Å². The average molecular weight is 550 g/mol. The first-order chi connectivity index (χ1) is 15.2. The van der Waals surface area contributed by atoms with Gasteiger partial charge in [0.05, 0.1) is 0 Å². The highest BCUT2D eigenvalue weighted by atomic mass is 127. The van der Waals surface area contributed by atoms with Gasteiger partial charge in [0.25, 0.3) is 5.91 Å². The lowest BCUT2D eigenvalue weighted by Gasteiger charge is -2.28. The number of hydrogen-bond donors (Lipinski definition) is 3. The summed E-state index contributed by atoms with van der Waals surface area (Å²) in [6, 6.07) is 16.5. The Labute approximate surface area is 209 Å². The molecule has 0 fully saturated rings. The van der Waals surface area contributed by atoms with Gasteiger partial charge in [-0.1, -0.05) is 36.4 Å². The molecule has 0 unspecified atom stereocenters. The number of nitrogens with zero attached hydrogens (tertiary/aromatic N) is 2. The molecule has 3 N–H and O–H groups in total. The molecule has 1 aliphatic heterocycles. The van der Waals surface area contributed by atoms with E-state index in [2.05, 4.69) is 58.1 Å². The number of halogens is 1. The van der Waals surface area contributed by atoms with Crippen LogP contribution in [-0.2, 0) is 19.4 Å². The van der Waals surface area contributed by atoms with E-state index in [0.29, 0.717) is 5.56 Å². The molecule has 0 saturated carbocycles. The summed E-state index contributed by atoms with van der Waals surface area (Å²) < 4.78 is 0. The molecule has 3 rings (SSSR count). The predicted molar refractivity (Wildman–Crippen MR) is 143 cm³/mol. The number of nitrogens with one attached hydrogen (secondary N) is 3. The number of amides is 1. The van der Waals surface area contributed by atoms with E-state index in [-0.39, 0.29) is 29.9 Å². The van der Waals surface area contributed by atoms with Gasteiger partial charge in [0, 0.05) is 51.9 Å². The highest BCUT2D eigenvalue weighted by Crippen LogP contribution is 2.18. The minimum atomic E-state index is -0.0538. The maximum Gasteiger partial charge on any atom is 0.251 e. The molecular weight excluding hydrogens is 513 g/mol. The van der Waals surface area contributed by atoms with Crippen LogP contribution in [0.4, 0.5) is 0 Å². The Morgan fingerprint density at radius 3 is 2.69 bits per heavy atom. The summed E-state index contributed by atoms with van der Waals surface area (Å²) in [6.07, 6.45) is 3.03. The maximum absolute atomic E-state index is 11.8. The first-order valence-corrected chi connectivity index (χ1v) is 11.3. The standard InChI is InChI=1S/C25H35N5O.HI/c1-3-27-25(29-15-12-20-8-6-11-22(18-20)24(31)26-2)28-14-7-16-30-17-13-21-9-4-5-10-23(21)19-30;/h4-6,8-11,18H,3,7,12-17,19H2,1-2H3,(H,26,31)(H2,27,28,29);1H. The molecule has 2 aromatic rings. The molecule has 6 nitrogen and oxygen atoms in total. The molecule has 1 heterocycles. The van der Waals surface area contributed by atoms with Crippen LogP contribution in [0.2, 0.25) is 0 Å². The topological polar surface area (TPSA) is 68.8 Å². The summed E-state index contributed by atoms with van der Waals surface area (Å²) >= 11 is 0. The number of aliphatic imine (C=N–C) groups is 1. The first kappa shape index (κ1) is 26.1. The normalized spacial score (nSPS) is 13.6. The fourth-order valence-electron chi connectivity index (χ4n) is 3.91. The molecule has 0 aliphatic carbocycles. The Balaban J connectivity index is 0.00000363. The molecule has 174 valence electrons. The van der Waals surface area contributed by atoms with Crippen molar-refractivity contribution in [2.75, 3.05) is 39.8 Å². The number of guanidine groups is 1. The number of hydrogen-bond acceptors (Lipinski definition) is 3. The third-order valence-electron chi connectivity index (χ3n) is 5.58. The Hall–Kier alpha value is -2.13. The van der Waals surface area contributed by atoms with Crippen molar-refractivity contribution in [3.8, 4) is 0 Å². The summed E-state index contributed by atoms with van der Waals surface area (Å²) in [6.45, 7) is 7.74. The minimum absolute atomic E-state index is 0. The number of carbonyl (C=O) groups excluding carboxylic acids is 1. The van der Waals surface area contributed by atoms with E-state index in [1.54, 1.807) is 7.05 Å². The summed E-state index contributed by atoms with van der Waals surface area (Å²) in [5, 5.41) is 9.40. The fraction of sp³-hybridized carbons (Fsp3) is 0.440. The minimum Gasteiger partial charge on any atom is -0.357 e. The molecule has 7 heteroatoms. The second-order valence-electron chi connectivity index (χ2n) is 7.87. The summed E-state index contributed by atoms with van der Waals surface area (Å²) in [4.78, 5) is 19.1. The van der Waals surface area contributed by atoms with Gasteiger partial charge in [0.1, 0.15) is 0 Å². The lowest BCUT2D eigenvalue weighted by atomic mass is 10.00. The molecular formula is C25H36IN5O. The fourth-order valence-corrected chi connectivity index (χ4v) is 3.91. The highest BCUT2D eigenvalue weighted by molar-refractivity contribution is 14.0. The quantitative estimate of drug-likeness (QED) is 0.195. The zero-order chi connectivity index (χ0) is 21.9. The number of carbonyl (C=O) groups is 1. The second-order valence-corrected chi connectivity index (χ2v) is 7.87. The van der Waals surface area contributed by atoms with E-state index < -0.39 is 0 Å². The molecule has 0 bridgehead atoms. The molecule has 0 atom stereocenters. The van der Waals surface area contributed by atoms with Gasteiger partial charge in [0.15, 0.2) is 5.96 Å². The van der Waals surface area contributed by atoms with Gasteiger partial charge in [-0.2, -0.15) is 0 Å².